The third-order valence-electron chi connectivity index (χ3n) is 2.03. The van der Waals surface area contributed by atoms with Gasteiger partial charge in [0.15, 0.2) is 0 Å². The van der Waals surface area contributed by atoms with E-state index in [1.54, 1.807) is 0 Å². The van der Waals surface area contributed by atoms with Crippen molar-refractivity contribution in [3.63, 3.8) is 0 Å². The molecule has 0 rings (SSSR count). The Morgan fingerprint density at radius 2 is 2.00 bits per heavy atom. The van der Waals surface area contributed by atoms with Crippen molar-refractivity contribution in [3.8, 4) is 0 Å². The maximum atomic E-state index is 11.5. The molecule has 82 valence electrons. The van der Waals surface area contributed by atoms with E-state index >= 15 is 0 Å². The van der Waals surface area contributed by atoms with Crippen LogP contribution in [0.1, 0.15) is 47.0 Å². The van der Waals surface area contributed by atoms with Gasteiger partial charge in [0.05, 0.1) is 6.04 Å². The first-order chi connectivity index (χ1) is 6.41. The molecule has 0 unspecified atom stereocenters. The third-order valence-corrected chi connectivity index (χ3v) is 2.03. The van der Waals surface area contributed by atoms with Crippen molar-refractivity contribution in [2.24, 2.45) is 5.41 Å². The number of carbonyl (C=O) groups excluding carboxylic acids is 2. The van der Waals surface area contributed by atoms with Crippen LogP contribution < -0.4 is 5.32 Å². The average Bonchev–Trinajstić information content (AvgIpc) is 2.10. The molecule has 0 heterocycles. The Morgan fingerprint density at radius 1 is 1.43 bits per heavy atom. The van der Waals surface area contributed by atoms with Gasteiger partial charge in [-0.1, -0.05) is 40.5 Å². The second-order valence-corrected chi connectivity index (χ2v) is 4.61. The maximum absolute atomic E-state index is 11.5. The molecule has 0 spiro atoms. The Balaban J connectivity index is 4.05. The van der Waals surface area contributed by atoms with E-state index in [1.807, 2.05) is 20.8 Å². The van der Waals surface area contributed by atoms with Gasteiger partial charge in [-0.15, -0.1) is 0 Å². The molecule has 14 heavy (non-hydrogen) atoms. The van der Waals surface area contributed by atoms with Crippen molar-refractivity contribution in [1.29, 1.82) is 0 Å². The topological polar surface area (TPSA) is 46.2 Å². The van der Waals surface area contributed by atoms with E-state index in [0.29, 0.717) is 0 Å². The van der Waals surface area contributed by atoms with E-state index in [-0.39, 0.29) is 11.9 Å². The summed E-state index contributed by atoms with van der Waals surface area (Å²) in [5.74, 6) is -0.0642. The monoisotopic (exact) mass is 199 g/mol. The van der Waals surface area contributed by atoms with Crippen LogP contribution in [-0.4, -0.2) is 18.2 Å². The number of unbranched alkanes of at least 4 members (excludes halogenated alkanes) is 1. The van der Waals surface area contributed by atoms with E-state index in [2.05, 4.69) is 12.2 Å². The summed E-state index contributed by atoms with van der Waals surface area (Å²) >= 11 is 0. The molecule has 0 aromatic heterocycles. The van der Waals surface area contributed by atoms with Crippen LogP contribution in [-0.2, 0) is 9.59 Å². The lowest BCUT2D eigenvalue weighted by Gasteiger charge is -2.20. The lowest BCUT2D eigenvalue weighted by molar-refractivity contribution is -0.130. The second kappa shape index (κ2) is 5.78. The van der Waals surface area contributed by atoms with E-state index < -0.39 is 5.41 Å². The van der Waals surface area contributed by atoms with Gasteiger partial charge in [0.1, 0.15) is 6.29 Å². The van der Waals surface area contributed by atoms with Crippen molar-refractivity contribution in [2.75, 3.05) is 0 Å². The summed E-state index contributed by atoms with van der Waals surface area (Å²) in [7, 11) is 0. The van der Waals surface area contributed by atoms with Crippen LogP contribution in [0, 0.1) is 5.41 Å². The van der Waals surface area contributed by atoms with Crippen LogP contribution in [0.2, 0.25) is 0 Å². The van der Waals surface area contributed by atoms with Crippen molar-refractivity contribution in [3.05, 3.63) is 0 Å². The molecule has 0 saturated carbocycles. The smallest absolute Gasteiger partial charge is 0.225 e. The molecule has 0 aliphatic rings. The average molecular weight is 199 g/mol. The minimum absolute atomic E-state index is 0.0642. The quantitative estimate of drug-likeness (QED) is 0.687. The normalized spacial score (nSPS) is 13.4. The number of rotatable bonds is 5. The van der Waals surface area contributed by atoms with Crippen LogP contribution in [0.4, 0.5) is 0 Å². The first-order valence-electron chi connectivity index (χ1n) is 5.18. The number of hydrogen-bond acceptors (Lipinski definition) is 2. The zero-order chi connectivity index (χ0) is 11.2. The summed E-state index contributed by atoms with van der Waals surface area (Å²) in [6, 6.07) is -0.318. The number of carbonyl (C=O) groups is 2. The van der Waals surface area contributed by atoms with Crippen molar-refractivity contribution < 1.29 is 9.59 Å². The first kappa shape index (κ1) is 13.1. The fraction of sp³-hybridized carbons (Fsp3) is 0.818. The van der Waals surface area contributed by atoms with Gasteiger partial charge in [0.25, 0.3) is 0 Å². The maximum Gasteiger partial charge on any atom is 0.225 e. The van der Waals surface area contributed by atoms with Crippen molar-refractivity contribution in [2.45, 2.75) is 53.0 Å². The van der Waals surface area contributed by atoms with Crippen LogP contribution >= 0.6 is 0 Å². The fourth-order valence-electron chi connectivity index (χ4n) is 0.983. The molecule has 0 aromatic rings. The molecule has 0 saturated heterocycles. The van der Waals surface area contributed by atoms with Crippen LogP contribution in [0.5, 0.6) is 0 Å². The summed E-state index contributed by atoms with van der Waals surface area (Å²) < 4.78 is 0. The molecule has 0 radical (unpaired) electrons. The SMILES string of the molecule is CCCC[C@@H](C=O)NC(=O)C(C)(C)C. The van der Waals surface area contributed by atoms with E-state index in [4.69, 9.17) is 0 Å². The van der Waals surface area contributed by atoms with E-state index in [0.717, 1.165) is 25.5 Å². The Morgan fingerprint density at radius 3 is 2.36 bits per heavy atom. The number of aldehydes is 1. The molecule has 0 aliphatic heterocycles. The van der Waals surface area contributed by atoms with Gasteiger partial charge in [0, 0.05) is 5.41 Å². The van der Waals surface area contributed by atoms with Gasteiger partial charge in [-0.2, -0.15) is 0 Å². The molecule has 0 aromatic carbocycles. The first-order valence-corrected chi connectivity index (χ1v) is 5.18. The second-order valence-electron chi connectivity index (χ2n) is 4.61. The Kier molecular flexibility index (Phi) is 5.43. The highest BCUT2D eigenvalue weighted by molar-refractivity contribution is 5.84. The Hall–Kier alpha value is -0.860. The van der Waals surface area contributed by atoms with Crippen LogP contribution in [0.25, 0.3) is 0 Å². The standard InChI is InChI=1S/C11H21NO2/c1-5-6-7-9(8-13)12-10(14)11(2,3)4/h8-9H,5-7H2,1-4H3,(H,12,14)/t9-/m0/s1. The predicted octanol–water partition coefficient (Wildman–Crippen LogP) is 1.91. The van der Waals surface area contributed by atoms with Gasteiger partial charge in [-0.05, 0) is 6.42 Å². The van der Waals surface area contributed by atoms with Crippen molar-refractivity contribution >= 4 is 12.2 Å². The molecule has 3 heteroatoms. The largest absolute Gasteiger partial charge is 0.346 e. The summed E-state index contributed by atoms with van der Waals surface area (Å²) in [6.45, 7) is 7.57. The summed E-state index contributed by atoms with van der Waals surface area (Å²) in [5, 5.41) is 2.73. The lowest BCUT2D eigenvalue weighted by atomic mass is 9.95. The summed E-state index contributed by atoms with van der Waals surface area (Å²) in [4.78, 5) is 22.2. The number of nitrogens with one attached hydrogen (secondary N) is 1. The van der Waals surface area contributed by atoms with E-state index in [1.165, 1.54) is 0 Å². The zero-order valence-electron chi connectivity index (χ0n) is 9.59. The Bertz CT molecular complexity index is 194. The van der Waals surface area contributed by atoms with Crippen molar-refractivity contribution in [1.82, 2.24) is 5.32 Å². The highest BCUT2D eigenvalue weighted by atomic mass is 16.2. The highest BCUT2D eigenvalue weighted by Crippen LogP contribution is 2.13. The minimum Gasteiger partial charge on any atom is -0.346 e. The molecular formula is C11H21NO2. The molecule has 0 aliphatic carbocycles. The Labute approximate surface area is 86.3 Å². The molecule has 0 bridgehead atoms. The fourth-order valence-corrected chi connectivity index (χ4v) is 0.983. The number of amides is 1. The van der Waals surface area contributed by atoms with Gasteiger partial charge >= 0.3 is 0 Å². The summed E-state index contributed by atoms with van der Waals surface area (Å²) in [6.07, 6.45) is 3.56. The highest BCUT2D eigenvalue weighted by Gasteiger charge is 2.23. The molecule has 3 nitrogen and oxygen atoms in total. The zero-order valence-corrected chi connectivity index (χ0v) is 9.59. The minimum atomic E-state index is -0.423. The number of hydrogen-bond donors (Lipinski definition) is 1. The molecule has 1 amide bonds. The van der Waals surface area contributed by atoms with E-state index in [9.17, 15) is 9.59 Å². The predicted molar refractivity (Wildman–Crippen MR) is 57.0 cm³/mol. The van der Waals surface area contributed by atoms with Crippen LogP contribution in [0.15, 0.2) is 0 Å². The third kappa shape index (κ3) is 5.00. The molecule has 1 N–H and O–H groups in total. The summed E-state index contributed by atoms with van der Waals surface area (Å²) in [5.41, 5.74) is -0.423. The van der Waals surface area contributed by atoms with Crippen LogP contribution in [0.3, 0.4) is 0 Å². The van der Waals surface area contributed by atoms with Gasteiger partial charge in [-0.3, -0.25) is 4.79 Å². The molecule has 1 atom stereocenters. The van der Waals surface area contributed by atoms with Gasteiger partial charge in [0.2, 0.25) is 5.91 Å². The lowest BCUT2D eigenvalue weighted by Crippen LogP contribution is -2.42. The molecule has 0 fully saturated rings. The van der Waals surface area contributed by atoms with Gasteiger partial charge in [-0.25, -0.2) is 0 Å². The molecular weight excluding hydrogens is 178 g/mol. The van der Waals surface area contributed by atoms with Gasteiger partial charge < -0.3 is 10.1 Å².